The molecule has 4 heteroatoms. The van der Waals surface area contributed by atoms with Crippen LogP contribution in [0.2, 0.25) is 0 Å². The van der Waals surface area contributed by atoms with Gasteiger partial charge in [0.15, 0.2) is 0 Å². The molecule has 0 spiro atoms. The Morgan fingerprint density at radius 1 is 1.24 bits per heavy atom. The third kappa shape index (κ3) is 5.87. The smallest absolute Gasteiger partial charge is 0.227 e. The zero-order valence-corrected chi connectivity index (χ0v) is 16.0. The predicted octanol–water partition coefficient (Wildman–Crippen LogP) is 3.41. The van der Waals surface area contributed by atoms with Gasteiger partial charge in [0, 0.05) is 24.5 Å². The molecule has 1 heterocycles. The van der Waals surface area contributed by atoms with Crippen molar-refractivity contribution in [3.63, 3.8) is 0 Å². The van der Waals surface area contributed by atoms with E-state index in [0.717, 1.165) is 32.2 Å². The van der Waals surface area contributed by atoms with Gasteiger partial charge in [-0.3, -0.25) is 9.59 Å². The van der Waals surface area contributed by atoms with Gasteiger partial charge < -0.3 is 10.2 Å². The van der Waals surface area contributed by atoms with E-state index in [1.165, 1.54) is 5.56 Å². The van der Waals surface area contributed by atoms with Gasteiger partial charge in [0.2, 0.25) is 11.8 Å². The van der Waals surface area contributed by atoms with Crippen molar-refractivity contribution in [3.05, 3.63) is 35.9 Å². The fourth-order valence-electron chi connectivity index (χ4n) is 3.31. The molecule has 1 fully saturated rings. The van der Waals surface area contributed by atoms with Crippen LogP contribution in [-0.4, -0.2) is 35.8 Å². The summed E-state index contributed by atoms with van der Waals surface area (Å²) in [6.07, 6.45) is 3.65. The van der Waals surface area contributed by atoms with Gasteiger partial charge in [-0.25, -0.2) is 0 Å². The van der Waals surface area contributed by atoms with E-state index in [9.17, 15) is 9.59 Å². The van der Waals surface area contributed by atoms with Gasteiger partial charge >= 0.3 is 0 Å². The maximum absolute atomic E-state index is 12.6. The molecular formula is C21H32N2O2. The number of aryl methyl sites for hydroxylation is 1. The molecule has 4 nitrogen and oxygen atoms in total. The number of hydrogen-bond acceptors (Lipinski definition) is 2. The average Bonchev–Trinajstić information content (AvgIpc) is 2.59. The summed E-state index contributed by atoms with van der Waals surface area (Å²) in [5, 5.41) is 3.14. The fourth-order valence-corrected chi connectivity index (χ4v) is 3.31. The number of hydrogen-bond donors (Lipinski definition) is 1. The van der Waals surface area contributed by atoms with Gasteiger partial charge in [-0.05, 0) is 38.2 Å². The number of nitrogens with zero attached hydrogens (tertiary/aromatic N) is 1. The van der Waals surface area contributed by atoms with Crippen LogP contribution >= 0.6 is 0 Å². The minimum atomic E-state index is -0.388. The van der Waals surface area contributed by atoms with Crippen molar-refractivity contribution in [2.45, 2.75) is 59.4 Å². The lowest BCUT2D eigenvalue weighted by atomic mass is 9.90. The lowest BCUT2D eigenvalue weighted by Crippen LogP contribution is -2.49. The largest absolute Gasteiger partial charge is 0.353 e. The van der Waals surface area contributed by atoms with E-state index in [1.54, 1.807) is 0 Å². The van der Waals surface area contributed by atoms with E-state index >= 15 is 0 Å². The maximum atomic E-state index is 12.6. The van der Waals surface area contributed by atoms with E-state index < -0.39 is 0 Å². The normalized spacial score (nSPS) is 19.4. The topological polar surface area (TPSA) is 49.4 Å². The predicted molar refractivity (Wildman–Crippen MR) is 101 cm³/mol. The van der Waals surface area contributed by atoms with E-state index in [1.807, 2.05) is 43.9 Å². The Balaban J connectivity index is 1.82. The first-order chi connectivity index (χ1) is 11.8. The van der Waals surface area contributed by atoms with Crippen molar-refractivity contribution in [2.75, 3.05) is 13.1 Å². The fraction of sp³-hybridized carbons (Fsp3) is 0.619. The van der Waals surface area contributed by atoms with Crippen molar-refractivity contribution >= 4 is 11.8 Å². The SMILES string of the molecule is CC(CCc1ccccc1)NC(=O)C1CCCN(C(=O)C(C)(C)C)C1. The van der Waals surface area contributed by atoms with Crippen LogP contribution in [0.25, 0.3) is 0 Å². The molecule has 0 saturated carbocycles. The Kier molecular flexibility index (Phi) is 6.63. The van der Waals surface area contributed by atoms with Crippen LogP contribution in [0.4, 0.5) is 0 Å². The molecule has 2 rings (SSSR count). The van der Waals surface area contributed by atoms with Gasteiger partial charge in [0.1, 0.15) is 0 Å². The van der Waals surface area contributed by atoms with Crippen LogP contribution in [-0.2, 0) is 16.0 Å². The molecule has 1 aliphatic rings. The number of amides is 2. The first kappa shape index (κ1) is 19.5. The highest BCUT2D eigenvalue weighted by Gasteiger charge is 2.33. The highest BCUT2D eigenvalue weighted by molar-refractivity contribution is 5.84. The minimum Gasteiger partial charge on any atom is -0.353 e. The van der Waals surface area contributed by atoms with Crippen LogP contribution in [0.3, 0.4) is 0 Å². The Morgan fingerprint density at radius 3 is 2.56 bits per heavy atom. The monoisotopic (exact) mass is 344 g/mol. The second kappa shape index (κ2) is 8.50. The van der Waals surface area contributed by atoms with Crippen LogP contribution < -0.4 is 5.32 Å². The molecule has 138 valence electrons. The molecule has 0 aliphatic carbocycles. The second-order valence-corrected chi connectivity index (χ2v) is 8.27. The summed E-state index contributed by atoms with van der Waals surface area (Å²) in [5.74, 6) is 0.147. The van der Waals surface area contributed by atoms with Crippen molar-refractivity contribution in [1.29, 1.82) is 0 Å². The van der Waals surface area contributed by atoms with E-state index in [2.05, 4.69) is 24.4 Å². The highest BCUT2D eigenvalue weighted by atomic mass is 16.2. The quantitative estimate of drug-likeness (QED) is 0.890. The van der Waals surface area contributed by atoms with Crippen molar-refractivity contribution in [2.24, 2.45) is 11.3 Å². The van der Waals surface area contributed by atoms with Gasteiger partial charge in [-0.15, -0.1) is 0 Å². The number of likely N-dealkylation sites (tertiary alicyclic amines) is 1. The van der Waals surface area contributed by atoms with Gasteiger partial charge in [-0.1, -0.05) is 51.1 Å². The Labute approximate surface area is 152 Å². The van der Waals surface area contributed by atoms with Crippen LogP contribution in [0.1, 0.15) is 52.5 Å². The molecule has 1 aliphatic heterocycles. The average molecular weight is 344 g/mol. The van der Waals surface area contributed by atoms with E-state index in [0.29, 0.717) is 6.54 Å². The number of benzene rings is 1. The first-order valence-electron chi connectivity index (χ1n) is 9.41. The highest BCUT2D eigenvalue weighted by Crippen LogP contribution is 2.23. The summed E-state index contributed by atoms with van der Waals surface area (Å²) in [4.78, 5) is 26.9. The van der Waals surface area contributed by atoms with Crippen LogP contribution in [0.5, 0.6) is 0 Å². The second-order valence-electron chi connectivity index (χ2n) is 8.27. The summed E-state index contributed by atoms with van der Waals surface area (Å²) in [5.41, 5.74) is 0.907. The molecule has 2 atom stereocenters. The maximum Gasteiger partial charge on any atom is 0.227 e. The third-order valence-electron chi connectivity index (χ3n) is 4.82. The van der Waals surface area contributed by atoms with Crippen LogP contribution in [0.15, 0.2) is 30.3 Å². The number of carbonyl (C=O) groups is 2. The molecule has 1 aromatic rings. The molecule has 1 N–H and O–H groups in total. The lowest BCUT2D eigenvalue weighted by Gasteiger charge is -2.36. The van der Waals surface area contributed by atoms with E-state index in [-0.39, 0.29) is 29.2 Å². The summed E-state index contributed by atoms with van der Waals surface area (Å²) in [6.45, 7) is 9.18. The minimum absolute atomic E-state index is 0.0841. The first-order valence-corrected chi connectivity index (χ1v) is 9.41. The van der Waals surface area contributed by atoms with Gasteiger partial charge in [0.05, 0.1) is 5.92 Å². The molecule has 1 aromatic carbocycles. The molecule has 2 unspecified atom stereocenters. The Bertz CT molecular complexity index is 577. The zero-order chi connectivity index (χ0) is 18.4. The Hall–Kier alpha value is -1.84. The molecule has 2 amide bonds. The van der Waals surface area contributed by atoms with Crippen LogP contribution in [0, 0.1) is 11.3 Å². The molecule has 0 bridgehead atoms. The van der Waals surface area contributed by atoms with Crippen molar-refractivity contribution in [3.8, 4) is 0 Å². The number of nitrogens with one attached hydrogen (secondary N) is 1. The molecule has 1 saturated heterocycles. The molecule has 25 heavy (non-hydrogen) atoms. The summed E-state index contributed by atoms with van der Waals surface area (Å²) >= 11 is 0. The summed E-state index contributed by atoms with van der Waals surface area (Å²) < 4.78 is 0. The lowest BCUT2D eigenvalue weighted by molar-refractivity contribution is -0.142. The number of rotatable bonds is 5. The third-order valence-corrected chi connectivity index (χ3v) is 4.82. The van der Waals surface area contributed by atoms with E-state index in [4.69, 9.17) is 0 Å². The molecule has 0 aromatic heterocycles. The van der Waals surface area contributed by atoms with Crippen molar-refractivity contribution in [1.82, 2.24) is 10.2 Å². The summed E-state index contributed by atoms with van der Waals surface area (Å²) in [7, 11) is 0. The van der Waals surface area contributed by atoms with Gasteiger partial charge in [0.25, 0.3) is 0 Å². The standard InChI is InChI=1S/C21H32N2O2/c1-16(12-13-17-9-6-5-7-10-17)22-19(24)18-11-8-14-23(15-18)20(25)21(2,3)4/h5-7,9-10,16,18H,8,11-15H2,1-4H3,(H,22,24). The Morgan fingerprint density at radius 2 is 1.92 bits per heavy atom. The summed E-state index contributed by atoms with van der Waals surface area (Å²) in [6, 6.07) is 10.5. The number of piperidine rings is 1. The van der Waals surface area contributed by atoms with Crippen molar-refractivity contribution < 1.29 is 9.59 Å². The van der Waals surface area contributed by atoms with Gasteiger partial charge in [-0.2, -0.15) is 0 Å². The number of carbonyl (C=O) groups excluding carboxylic acids is 2. The zero-order valence-electron chi connectivity index (χ0n) is 16.0. The molecular weight excluding hydrogens is 312 g/mol. The molecule has 0 radical (unpaired) electrons.